The summed E-state index contributed by atoms with van der Waals surface area (Å²) in [5.41, 5.74) is 6.74. The van der Waals surface area contributed by atoms with Crippen LogP contribution in [0.3, 0.4) is 0 Å². The Kier molecular flexibility index (Phi) is 3.60. The molecule has 1 aromatic carbocycles. The number of nitrogen functional groups attached to an aromatic ring is 1. The second-order valence-electron chi connectivity index (χ2n) is 4.14. The van der Waals surface area contributed by atoms with Crippen LogP contribution in [0.25, 0.3) is 0 Å². The molecule has 0 aliphatic carbocycles. The first kappa shape index (κ1) is 13.3. The van der Waals surface area contributed by atoms with Crippen molar-refractivity contribution in [3.8, 4) is 0 Å². The first-order valence-electron chi connectivity index (χ1n) is 5.39. The molecule has 0 unspecified atom stereocenters. The molecule has 0 saturated carbocycles. The van der Waals surface area contributed by atoms with E-state index in [2.05, 4.69) is 0 Å². The predicted molar refractivity (Wildman–Crippen MR) is 72.3 cm³/mol. The topological polar surface area (TPSA) is 106 Å². The molecule has 6 nitrogen and oxygen atoms in total. The molecule has 8 heteroatoms. The zero-order valence-electron chi connectivity index (χ0n) is 9.70. The van der Waals surface area contributed by atoms with E-state index in [0.29, 0.717) is 36.0 Å². The summed E-state index contributed by atoms with van der Waals surface area (Å²) in [5.74, 6) is 1.17. The molecule has 1 fully saturated rings. The van der Waals surface area contributed by atoms with E-state index in [0.717, 1.165) is 0 Å². The number of nitrogens with zero attached hydrogens (tertiary/aromatic N) is 1. The zero-order chi connectivity index (χ0) is 13.3. The van der Waals surface area contributed by atoms with Gasteiger partial charge >= 0.3 is 0 Å². The number of benzene rings is 1. The minimum absolute atomic E-state index is 0.00389. The standard InChI is InChI=1S/C10H15N3O3S2/c11-8-5-9(7-10(6-8)18(12,15)16)13-1-3-17(14)4-2-13/h5-7H,1-4,11H2,(H2,12,15,16). The van der Waals surface area contributed by atoms with E-state index in [1.807, 2.05) is 4.90 Å². The van der Waals surface area contributed by atoms with Crippen molar-refractivity contribution in [3.05, 3.63) is 18.2 Å². The Balaban J connectivity index is 2.34. The Hall–Kier alpha value is -1.12. The number of hydrogen-bond donors (Lipinski definition) is 2. The van der Waals surface area contributed by atoms with Crippen LogP contribution in [0.2, 0.25) is 0 Å². The monoisotopic (exact) mass is 289 g/mol. The molecule has 0 amide bonds. The lowest BCUT2D eigenvalue weighted by molar-refractivity contribution is 0.597. The first-order chi connectivity index (χ1) is 8.36. The molecule has 0 spiro atoms. The molecule has 4 N–H and O–H groups in total. The Bertz CT molecular complexity index is 576. The molecule has 0 atom stereocenters. The lowest BCUT2D eigenvalue weighted by Crippen LogP contribution is -2.37. The van der Waals surface area contributed by atoms with Crippen LogP contribution >= 0.6 is 0 Å². The third-order valence-corrected chi connectivity index (χ3v) is 4.95. The summed E-state index contributed by atoms with van der Waals surface area (Å²) < 4.78 is 33.9. The molecule has 1 aliphatic heterocycles. The minimum atomic E-state index is -3.76. The van der Waals surface area contributed by atoms with Gasteiger partial charge in [0.15, 0.2) is 0 Å². The molecule has 2 rings (SSSR count). The summed E-state index contributed by atoms with van der Waals surface area (Å²) in [4.78, 5) is 1.97. The fourth-order valence-electron chi connectivity index (χ4n) is 1.85. The minimum Gasteiger partial charge on any atom is -0.399 e. The van der Waals surface area contributed by atoms with Gasteiger partial charge in [-0.25, -0.2) is 13.6 Å². The van der Waals surface area contributed by atoms with E-state index in [9.17, 15) is 12.6 Å². The van der Waals surface area contributed by atoms with E-state index >= 15 is 0 Å². The van der Waals surface area contributed by atoms with Gasteiger partial charge in [0.25, 0.3) is 0 Å². The molecule has 0 radical (unpaired) electrons. The highest BCUT2D eigenvalue weighted by molar-refractivity contribution is 7.89. The first-order valence-corrected chi connectivity index (χ1v) is 8.43. The van der Waals surface area contributed by atoms with Crippen molar-refractivity contribution in [2.45, 2.75) is 4.90 Å². The van der Waals surface area contributed by atoms with Crippen molar-refractivity contribution >= 4 is 32.2 Å². The predicted octanol–water partition coefficient (Wildman–Crippen LogP) is -0.515. The smallest absolute Gasteiger partial charge is 0.238 e. The molecule has 18 heavy (non-hydrogen) atoms. The lowest BCUT2D eigenvalue weighted by Gasteiger charge is -2.28. The number of sulfonamides is 1. The SMILES string of the molecule is Nc1cc(N2CCS(=O)CC2)cc(S(N)(=O)=O)c1. The van der Waals surface area contributed by atoms with Crippen molar-refractivity contribution < 1.29 is 12.6 Å². The maximum absolute atomic E-state index is 11.3. The van der Waals surface area contributed by atoms with Crippen molar-refractivity contribution in [3.63, 3.8) is 0 Å². The molecule has 0 bridgehead atoms. The van der Waals surface area contributed by atoms with Crippen molar-refractivity contribution in [1.82, 2.24) is 0 Å². The second kappa shape index (κ2) is 4.87. The summed E-state index contributed by atoms with van der Waals surface area (Å²) >= 11 is 0. The molecule has 1 aromatic rings. The highest BCUT2D eigenvalue weighted by atomic mass is 32.2. The van der Waals surface area contributed by atoms with E-state index < -0.39 is 20.8 Å². The summed E-state index contributed by atoms with van der Waals surface area (Å²) in [6.07, 6.45) is 0. The van der Waals surface area contributed by atoms with Crippen LogP contribution in [-0.2, 0) is 20.8 Å². The summed E-state index contributed by atoms with van der Waals surface area (Å²) in [6.45, 7) is 1.25. The van der Waals surface area contributed by atoms with Gasteiger partial charge in [-0.15, -0.1) is 0 Å². The molecular weight excluding hydrogens is 274 g/mol. The Labute approximate surface area is 108 Å². The van der Waals surface area contributed by atoms with Crippen LogP contribution in [0.5, 0.6) is 0 Å². The molecule has 1 aliphatic rings. The van der Waals surface area contributed by atoms with Crippen LogP contribution in [0.4, 0.5) is 11.4 Å². The Morgan fingerprint density at radius 1 is 1.17 bits per heavy atom. The van der Waals surface area contributed by atoms with Crippen LogP contribution in [0, 0.1) is 0 Å². The van der Waals surface area contributed by atoms with Gasteiger partial charge in [0.05, 0.1) is 4.90 Å². The number of anilines is 2. The third kappa shape index (κ3) is 3.01. The molecule has 0 aromatic heterocycles. The van der Waals surface area contributed by atoms with Gasteiger partial charge in [0, 0.05) is 46.8 Å². The number of hydrogen-bond acceptors (Lipinski definition) is 5. The third-order valence-electron chi connectivity index (χ3n) is 2.79. The van der Waals surface area contributed by atoms with Crippen molar-refractivity contribution in [1.29, 1.82) is 0 Å². The van der Waals surface area contributed by atoms with E-state index in [1.165, 1.54) is 12.1 Å². The van der Waals surface area contributed by atoms with Gasteiger partial charge < -0.3 is 10.6 Å². The number of rotatable bonds is 2. The molecule has 100 valence electrons. The summed E-state index contributed by atoms with van der Waals surface area (Å²) in [5, 5.41) is 5.10. The summed E-state index contributed by atoms with van der Waals surface area (Å²) in [7, 11) is -4.54. The normalized spacial score (nSPS) is 17.9. The van der Waals surface area contributed by atoms with Gasteiger partial charge in [0.2, 0.25) is 10.0 Å². The Morgan fingerprint density at radius 2 is 1.78 bits per heavy atom. The van der Waals surface area contributed by atoms with Gasteiger partial charge in [-0.2, -0.15) is 0 Å². The fraction of sp³-hybridized carbons (Fsp3) is 0.400. The summed E-state index contributed by atoms with van der Waals surface area (Å²) in [6, 6.07) is 4.53. The Morgan fingerprint density at radius 3 is 2.33 bits per heavy atom. The lowest BCUT2D eigenvalue weighted by atomic mass is 10.2. The highest BCUT2D eigenvalue weighted by Gasteiger charge is 2.18. The van der Waals surface area contributed by atoms with E-state index in [-0.39, 0.29) is 4.90 Å². The van der Waals surface area contributed by atoms with E-state index in [4.69, 9.17) is 10.9 Å². The van der Waals surface area contributed by atoms with Crippen LogP contribution < -0.4 is 15.8 Å². The van der Waals surface area contributed by atoms with Crippen molar-refractivity contribution in [2.75, 3.05) is 35.2 Å². The van der Waals surface area contributed by atoms with Crippen LogP contribution in [-0.4, -0.2) is 37.2 Å². The van der Waals surface area contributed by atoms with Gasteiger partial charge in [-0.1, -0.05) is 0 Å². The maximum Gasteiger partial charge on any atom is 0.238 e. The van der Waals surface area contributed by atoms with Gasteiger partial charge in [0.1, 0.15) is 0 Å². The average molecular weight is 289 g/mol. The largest absolute Gasteiger partial charge is 0.399 e. The molecular formula is C10H15N3O3S2. The molecule has 1 saturated heterocycles. The second-order valence-corrected chi connectivity index (χ2v) is 7.40. The zero-order valence-corrected chi connectivity index (χ0v) is 11.3. The highest BCUT2D eigenvalue weighted by Crippen LogP contribution is 2.24. The maximum atomic E-state index is 11.3. The van der Waals surface area contributed by atoms with E-state index in [1.54, 1.807) is 6.07 Å². The van der Waals surface area contributed by atoms with Crippen LogP contribution in [0.15, 0.2) is 23.1 Å². The average Bonchev–Trinajstić information content (AvgIpc) is 2.28. The fourth-order valence-corrected chi connectivity index (χ4v) is 3.49. The van der Waals surface area contributed by atoms with Gasteiger partial charge in [-0.3, -0.25) is 4.21 Å². The number of primary sulfonamides is 1. The van der Waals surface area contributed by atoms with Crippen molar-refractivity contribution in [2.24, 2.45) is 5.14 Å². The van der Waals surface area contributed by atoms with Crippen LogP contribution in [0.1, 0.15) is 0 Å². The van der Waals surface area contributed by atoms with Gasteiger partial charge in [-0.05, 0) is 18.2 Å². The number of nitrogens with two attached hydrogens (primary N) is 2. The molecule has 1 heterocycles. The quantitative estimate of drug-likeness (QED) is 0.713.